The molecule has 2 nitrogen and oxygen atoms in total. The molecule has 94 valence electrons. The molecule has 0 N–H and O–H groups in total. The standard InChI is InChI=1S/C14H20BrNO/c1-12-3-2-8-16(11-12)9-10-17-14-6-4-13(15)5-7-14/h4-7,12H,2-3,8-11H2,1H3/t12-/m0/s1. The Labute approximate surface area is 112 Å². The van der Waals surface area contributed by atoms with E-state index < -0.39 is 0 Å². The summed E-state index contributed by atoms with van der Waals surface area (Å²) in [5, 5.41) is 0. The first kappa shape index (κ1) is 12.9. The second-order valence-corrected chi connectivity index (χ2v) is 5.77. The number of halogens is 1. The molecular weight excluding hydrogens is 278 g/mol. The Kier molecular flexibility index (Phi) is 4.86. The molecule has 0 radical (unpaired) electrons. The minimum Gasteiger partial charge on any atom is -0.492 e. The number of hydrogen-bond acceptors (Lipinski definition) is 2. The zero-order chi connectivity index (χ0) is 12.1. The Bertz CT molecular complexity index is 339. The Morgan fingerprint density at radius 1 is 1.35 bits per heavy atom. The zero-order valence-electron chi connectivity index (χ0n) is 10.4. The minimum absolute atomic E-state index is 0.786. The smallest absolute Gasteiger partial charge is 0.119 e. The summed E-state index contributed by atoms with van der Waals surface area (Å²) >= 11 is 3.42. The molecular formula is C14H20BrNO. The number of rotatable bonds is 4. The summed E-state index contributed by atoms with van der Waals surface area (Å²) in [6, 6.07) is 8.03. The lowest BCUT2D eigenvalue weighted by Crippen LogP contribution is -2.37. The first-order valence-corrected chi connectivity index (χ1v) is 7.14. The van der Waals surface area contributed by atoms with Gasteiger partial charge >= 0.3 is 0 Å². The summed E-state index contributed by atoms with van der Waals surface area (Å²) in [5.74, 6) is 1.80. The summed E-state index contributed by atoms with van der Waals surface area (Å²) in [4.78, 5) is 2.51. The van der Waals surface area contributed by atoms with Crippen LogP contribution >= 0.6 is 15.9 Å². The molecule has 1 heterocycles. The van der Waals surface area contributed by atoms with E-state index >= 15 is 0 Å². The van der Waals surface area contributed by atoms with Gasteiger partial charge in [0.15, 0.2) is 0 Å². The molecule has 0 aliphatic carbocycles. The van der Waals surface area contributed by atoms with E-state index in [0.29, 0.717) is 0 Å². The quantitative estimate of drug-likeness (QED) is 0.842. The van der Waals surface area contributed by atoms with Crippen molar-refractivity contribution < 1.29 is 4.74 Å². The van der Waals surface area contributed by atoms with Gasteiger partial charge in [-0.05, 0) is 49.6 Å². The summed E-state index contributed by atoms with van der Waals surface area (Å²) in [7, 11) is 0. The van der Waals surface area contributed by atoms with Crippen molar-refractivity contribution >= 4 is 15.9 Å². The van der Waals surface area contributed by atoms with Crippen LogP contribution in [0.1, 0.15) is 19.8 Å². The highest BCUT2D eigenvalue weighted by Gasteiger charge is 2.15. The van der Waals surface area contributed by atoms with E-state index in [9.17, 15) is 0 Å². The van der Waals surface area contributed by atoms with Crippen molar-refractivity contribution in [2.75, 3.05) is 26.2 Å². The summed E-state index contributed by atoms with van der Waals surface area (Å²) in [5.41, 5.74) is 0. The summed E-state index contributed by atoms with van der Waals surface area (Å²) in [6.07, 6.45) is 2.71. The maximum absolute atomic E-state index is 5.74. The van der Waals surface area contributed by atoms with E-state index in [4.69, 9.17) is 4.74 Å². The molecule has 1 atom stereocenters. The van der Waals surface area contributed by atoms with Gasteiger partial charge in [-0.3, -0.25) is 4.90 Å². The van der Waals surface area contributed by atoms with Crippen molar-refractivity contribution in [2.24, 2.45) is 5.92 Å². The zero-order valence-corrected chi connectivity index (χ0v) is 11.9. The molecule has 0 aromatic heterocycles. The predicted octanol–water partition coefficient (Wildman–Crippen LogP) is 3.56. The molecule has 1 aliphatic heterocycles. The average Bonchev–Trinajstić information content (AvgIpc) is 2.32. The molecule has 0 bridgehead atoms. The van der Waals surface area contributed by atoms with E-state index in [2.05, 4.69) is 27.8 Å². The van der Waals surface area contributed by atoms with Crippen LogP contribution in [0, 0.1) is 5.92 Å². The van der Waals surface area contributed by atoms with Crippen molar-refractivity contribution in [3.05, 3.63) is 28.7 Å². The Balaban J connectivity index is 1.70. The van der Waals surface area contributed by atoms with Crippen LogP contribution in [-0.2, 0) is 0 Å². The SMILES string of the molecule is C[C@H]1CCCN(CCOc2ccc(Br)cc2)C1. The molecule has 1 aliphatic rings. The van der Waals surface area contributed by atoms with E-state index in [-0.39, 0.29) is 0 Å². The van der Waals surface area contributed by atoms with Crippen molar-refractivity contribution in [2.45, 2.75) is 19.8 Å². The molecule has 1 aromatic carbocycles. The van der Waals surface area contributed by atoms with Crippen LogP contribution in [0.5, 0.6) is 5.75 Å². The van der Waals surface area contributed by atoms with Crippen molar-refractivity contribution in [1.82, 2.24) is 4.90 Å². The van der Waals surface area contributed by atoms with E-state index in [0.717, 1.165) is 29.3 Å². The van der Waals surface area contributed by atoms with Gasteiger partial charge in [-0.2, -0.15) is 0 Å². The van der Waals surface area contributed by atoms with Crippen molar-refractivity contribution in [1.29, 1.82) is 0 Å². The minimum atomic E-state index is 0.786. The highest BCUT2D eigenvalue weighted by molar-refractivity contribution is 9.10. The summed E-state index contributed by atoms with van der Waals surface area (Å²) in [6.45, 7) is 6.62. The molecule has 0 spiro atoms. The number of piperidine rings is 1. The largest absolute Gasteiger partial charge is 0.492 e. The molecule has 3 heteroatoms. The van der Waals surface area contributed by atoms with Gasteiger partial charge in [0.2, 0.25) is 0 Å². The fraction of sp³-hybridized carbons (Fsp3) is 0.571. The average molecular weight is 298 g/mol. The van der Waals surface area contributed by atoms with Crippen molar-refractivity contribution in [3.63, 3.8) is 0 Å². The number of hydrogen-bond donors (Lipinski definition) is 0. The molecule has 0 unspecified atom stereocenters. The monoisotopic (exact) mass is 297 g/mol. The number of nitrogens with zero attached hydrogens (tertiary/aromatic N) is 1. The number of benzene rings is 1. The molecule has 1 fully saturated rings. The van der Waals surface area contributed by atoms with Crippen LogP contribution in [0.4, 0.5) is 0 Å². The predicted molar refractivity (Wildman–Crippen MR) is 74.5 cm³/mol. The molecule has 1 aromatic rings. The second-order valence-electron chi connectivity index (χ2n) is 4.85. The summed E-state index contributed by atoms with van der Waals surface area (Å²) < 4.78 is 6.83. The molecule has 17 heavy (non-hydrogen) atoms. The topological polar surface area (TPSA) is 12.5 Å². The van der Waals surface area contributed by atoms with Gasteiger partial charge in [-0.25, -0.2) is 0 Å². The van der Waals surface area contributed by atoms with Crippen LogP contribution < -0.4 is 4.74 Å². The maximum Gasteiger partial charge on any atom is 0.119 e. The third kappa shape index (κ3) is 4.32. The van der Waals surface area contributed by atoms with Gasteiger partial charge in [0.25, 0.3) is 0 Å². The third-order valence-corrected chi connectivity index (χ3v) is 3.76. The van der Waals surface area contributed by atoms with Crippen LogP contribution in [0.15, 0.2) is 28.7 Å². The fourth-order valence-corrected chi connectivity index (χ4v) is 2.58. The van der Waals surface area contributed by atoms with Gasteiger partial charge in [0, 0.05) is 17.6 Å². The lowest BCUT2D eigenvalue weighted by molar-refractivity contribution is 0.153. The molecule has 2 rings (SSSR count). The van der Waals surface area contributed by atoms with Crippen molar-refractivity contribution in [3.8, 4) is 5.75 Å². The molecule has 0 amide bonds. The van der Waals surface area contributed by atoms with Gasteiger partial charge in [-0.15, -0.1) is 0 Å². The fourth-order valence-electron chi connectivity index (χ4n) is 2.31. The van der Waals surface area contributed by atoms with E-state index in [1.807, 2.05) is 24.3 Å². The highest BCUT2D eigenvalue weighted by atomic mass is 79.9. The lowest BCUT2D eigenvalue weighted by Gasteiger charge is -2.30. The first-order valence-electron chi connectivity index (χ1n) is 6.35. The molecule has 1 saturated heterocycles. The van der Waals surface area contributed by atoms with Gasteiger partial charge in [0.1, 0.15) is 12.4 Å². The van der Waals surface area contributed by atoms with Gasteiger partial charge < -0.3 is 4.74 Å². The Hall–Kier alpha value is -0.540. The van der Waals surface area contributed by atoms with Crippen LogP contribution in [0.3, 0.4) is 0 Å². The lowest BCUT2D eigenvalue weighted by atomic mass is 10.0. The van der Waals surface area contributed by atoms with E-state index in [1.54, 1.807) is 0 Å². The van der Waals surface area contributed by atoms with Gasteiger partial charge in [-0.1, -0.05) is 22.9 Å². The normalized spacial score (nSPS) is 21.4. The maximum atomic E-state index is 5.74. The molecule has 0 saturated carbocycles. The van der Waals surface area contributed by atoms with Gasteiger partial charge in [0.05, 0.1) is 0 Å². The second kappa shape index (κ2) is 6.41. The number of ether oxygens (including phenoxy) is 1. The highest BCUT2D eigenvalue weighted by Crippen LogP contribution is 2.17. The third-order valence-electron chi connectivity index (χ3n) is 3.23. The van der Waals surface area contributed by atoms with E-state index in [1.165, 1.54) is 25.9 Å². The first-order chi connectivity index (χ1) is 8.24. The number of likely N-dealkylation sites (tertiary alicyclic amines) is 1. The Morgan fingerprint density at radius 2 is 2.12 bits per heavy atom. The van der Waals surface area contributed by atoms with Crippen LogP contribution in [0.2, 0.25) is 0 Å². The van der Waals surface area contributed by atoms with Crippen LogP contribution in [-0.4, -0.2) is 31.1 Å². The Morgan fingerprint density at radius 3 is 2.82 bits per heavy atom. The van der Waals surface area contributed by atoms with Crippen LogP contribution in [0.25, 0.3) is 0 Å².